The number of hydrogen-bond acceptors (Lipinski definition) is 5. The zero-order valence-corrected chi connectivity index (χ0v) is 18.0. The van der Waals surface area contributed by atoms with Crippen molar-refractivity contribution in [3.63, 3.8) is 0 Å². The monoisotopic (exact) mass is 421 g/mol. The molecule has 5 rings (SSSR count). The Labute approximate surface area is 182 Å². The first-order valence-corrected chi connectivity index (χ1v) is 11.0. The van der Waals surface area contributed by atoms with E-state index >= 15 is 0 Å². The lowest BCUT2D eigenvalue weighted by atomic mass is 10.0. The third-order valence-corrected chi connectivity index (χ3v) is 6.64. The lowest BCUT2D eigenvalue weighted by Gasteiger charge is -2.19. The molecule has 3 atom stereocenters. The number of aryl methyl sites for hydroxylation is 2. The molecule has 162 valence electrons. The minimum Gasteiger partial charge on any atom is -0.476 e. The number of benzene rings is 1. The van der Waals surface area contributed by atoms with Crippen LogP contribution < -0.4 is 4.74 Å². The van der Waals surface area contributed by atoms with E-state index in [2.05, 4.69) is 20.2 Å². The quantitative estimate of drug-likeness (QED) is 0.605. The van der Waals surface area contributed by atoms with Crippen LogP contribution >= 0.6 is 0 Å². The highest BCUT2D eigenvalue weighted by Crippen LogP contribution is 2.42. The maximum atomic E-state index is 13.1. The number of ether oxygens (including phenoxy) is 1. The molecule has 1 aliphatic heterocycles. The number of hydrogen-bond donors (Lipinski definition) is 0. The van der Waals surface area contributed by atoms with Gasteiger partial charge in [-0.2, -0.15) is 5.10 Å². The van der Waals surface area contributed by atoms with Crippen molar-refractivity contribution in [2.24, 2.45) is 24.8 Å². The topological polar surface area (TPSA) is 56.1 Å². The van der Waals surface area contributed by atoms with Crippen LogP contribution in [-0.2, 0) is 13.6 Å². The molecule has 2 aliphatic rings. The number of likely N-dealkylation sites (tertiary alicyclic amines) is 1. The summed E-state index contributed by atoms with van der Waals surface area (Å²) in [4.78, 5) is 2.50. The Kier molecular flexibility index (Phi) is 5.44. The molecule has 0 spiro atoms. The molecular formula is C24H28FN5O. The van der Waals surface area contributed by atoms with Gasteiger partial charge >= 0.3 is 0 Å². The number of rotatable bonds is 6. The van der Waals surface area contributed by atoms with Gasteiger partial charge in [0.15, 0.2) is 0 Å². The summed E-state index contributed by atoms with van der Waals surface area (Å²) < 4.78 is 20.9. The van der Waals surface area contributed by atoms with Crippen LogP contribution in [0.5, 0.6) is 5.88 Å². The van der Waals surface area contributed by atoms with Crippen molar-refractivity contribution < 1.29 is 9.13 Å². The van der Waals surface area contributed by atoms with Crippen molar-refractivity contribution >= 4 is 0 Å². The van der Waals surface area contributed by atoms with E-state index in [1.165, 1.54) is 18.4 Å². The molecule has 3 aromatic rings. The van der Waals surface area contributed by atoms with E-state index in [1.54, 1.807) is 16.8 Å². The molecule has 7 heteroatoms. The molecule has 0 N–H and O–H groups in total. The highest BCUT2D eigenvalue weighted by Gasteiger charge is 2.40. The van der Waals surface area contributed by atoms with Gasteiger partial charge in [0, 0.05) is 44.5 Å². The maximum Gasteiger partial charge on any atom is 0.233 e. The van der Waals surface area contributed by atoms with Crippen LogP contribution in [0.2, 0.25) is 0 Å². The number of halogens is 1. The smallest absolute Gasteiger partial charge is 0.233 e. The van der Waals surface area contributed by atoms with Gasteiger partial charge in [-0.25, -0.2) is 4.39 Å². The second kappa shape index (κ2) is 8.38. The fourth-order valence-corrected chi connectivity index (χ4v) is 5.23. The summed E-state index contributed by atoms with van der Waals surface area (Å²) in [5, 5.41) is 12.9. The normalized spacial score (nSPS) is 23.3. The van der Waals surface area contributed by atoms with Crippen LogP contribution in [0.4, 0.5) is 4.39 Å². The highest BCUT2D eigenvalue weighted by atomic mass is 19.1. The molecular weight excluding hydrogens is 393 g/mol. The average molecular weight is 422 g/mol. The zero-order valence-electron chi connectivity index (χ0n) is 18.0. The average Bonchev–Trinajstić information content (AvgIpc) is 3.41. The van der Waals surface area contributed by atoms with Crippen molar-refractivity contribution in [3.05, 3.63) is 59.7 Å². The third kappa shape index (κ3) is 4.46. The molecule has 0 bridgehead atoms. The van der Waals surface area contributed by atoms with E-state index in [1.807, 2.05) is 44.4 Å². The van der Waals surface area contributed by atoms with Crippen molar-refractivity contribution in [2.75, 3.05) is 19.7 Å². The van der Waals surface area contributed by atoms with Crippen LogP contribution in [0.25, 0.3) is 11.3 Å². The fraction of sp³-hybridized carbons (Fsp3) is 0.458. The number of aromatic nitrogens is 4. The van der Waals surface area contributed by atoms with Gasteiger partial charge in [0.05, 0.1) is 18.0 Å². The highest BCUT2D eigenvalue weighted by molar-refractivity contribution is 5.60. The van der Waals surface area contributed by atoms with E-state index in [9.17, 15) is 4.39 Å². The van der Waals surface area contributed by atoms with E-state index in [0.717, 1.165) is 48.4 Å². The van der Waals surface area contributed by atoms with Gasteiger partial charge in [-0.3, -0.25) is 9.58 Å². The van der Waals surface area contributed by atoms with Gasteiger partial charge in [-0.15, -0.1) is 10.2 Å². The first-order chi connectivity index (χ1) is 15.0. The largest absolute Gasteiger partial charge is 0.476 e. The Hall–Kier alpha value is -2.80. The maximum absolute atomic E-state index is 13.1. The molecule has 2 aromatic heterocycles. The lowest BCUT2D eigenvalue weighted by molar-refractivity contribution is 0.219. The Bertz CT molecular complexity index is 1020. The van der Waals surface area contributed by atoms with E-state index in [-0.39, 0.29) is 5.82 Å². The Morgan fingerprint density at radius 2 is 1.77 bits per heavy atom. The van der Waals surface area contributed by atoms with E-state index in [0.29, 0.717) is 18.4 Å². The third-order valence-electron chi connectivity index (χ3n) is 6.64. The predicted octanol–water partition coefficient (Wildman–Crippen LogP) is 3.86. The molecule has 31 heavy (non-hydrogen) atoms. The van der Waals surface area contributed by atoms with Gasteiger partial charge in [0.1, 0.15) is 5.82 Å². The van der Waals surface area contributed by atoms with Crippen molar-refractivity contribution in [1.29, 1.82) is 0 Å². The summed E-state index contributed by atoms with van der Waals surface area (Å²) in [6.45, 7) is 5.83. The number of fused-ring (bicyclic) bond motifs is 1. The van der Waals surface area contributed by atoms with Crippen molar-refractivity contribution in [1.82, 2.24) is 24.9 Å². The fourth-order valence-electron chi connectivity index (χ4n) is 5.23. The Morgan fingerprint density at radius 1 is 1.03 bits per heavy atom. The van der Waals surface area contributed by atoms with Crippen molar-refractivity contribution in [3.8, 4) is 17.1 Å². The SMILES string of the molecule is Cc1nn(C)cc1-c1ccc(OCC2C[C@@H]3CN(Cc4ccc(F)cc4)C[C@@H]3C2)nn1. The van der Waals surface area contributed by atoms with Crippen LogP contribution in [0, 0.1) is 30.5 Å². The van der Waals surface area contributed by atoms with Crippen LogP contribution in [-0.4, -0.2) is 44.6 Å². The van der Waals surface area contributed by atoms with Gasteiger partial charge < -0.3 is 4.74 Å². The van der Waals surface area contributed by atoms with Gasteiger partial charge in [-0.05, 0) is 61.3 Å². The molecule has 6 nitrogen and oxygen atoms in total. The number of nitrogens with zero attached hydrogens (tertiary/aromatic N) is 5. The summed E-state index contributed by atoms with van der Waals surface area (Å²) in [6, 6.07) is 10.7. The van der Waals surface area contributed by atoms with Gasteiger partial charge in [0.25, 0.3) is 0 Å². The lowest BCUT2D eigenvalue weighted by Crippen LogP contribution is -2.23. The van der Waals surface area contributed by atoms with E-state index < -0.39 is 0 Å². The standard InChI is InChI=1S/C24H28FN5O/c1-16-22(14-29(2)28-16)23-7-8-24(27-26-23)31-15-18-9-19-12-30(13-20(19)10-18)11-17-3-5-21(25)6-4-17/h3-8,14,18-20H,9-13,15H2,1-2H3/t18?,19-,20+. The summed E-state index contributed by atoms with van der Waals surface area (Å²) in [7, 11) is 1.90. The molecule has 1 unspecified atom stereocenters. The minimum atomic E-state index is -0.170. The van der Waals surface area contributed by atoms with Crippen LogP contribution in [0.3, 0.4) is 0 Å². The first-order valence-electron chi connectivity index (χ1n) is 11.0. The summed E-state index contributed by atoms with van der Waals surface area (Å²) in [5.74, 6) is 2.45. The second-order valence-corrected chi connectivity index (χ2v) is 9.05. The van der Waals surface area contributed by atoms with Crippen LogP contribution in [0.1, 0.15) is 24.1 Å². The minimum absolute atomic E-state index is 0.170. The molecule has 3 heterocycles. The molecule has 1 aliphatic carbocycles. The van der Waals surface area contributed by atoms with Gasteiger partial charge in [-0.1, -0.05) is 12.1 Å². The molecule has 1 aromatic carbocycles. The second-order valence-electron chi connectivity index (χ2n) is 9.05. The molecule has 2 fully saturated rings. The predicted molar refractivity (Wildman–Crippen MR) is 116 cm³/mol. The summed E-state index contributed by atoms with van der Waals surface area (Å²) in [6.07, 6.45) is 4.35. The molecule has 0 radical (unpaired) electrons. The Balaban J connectivity index is 1.10. The summed E-state index contributed by atoms with van der Waals surface area (Å²) >= 11 is 0. The Morgan fingerprint density at radius 3 is 2.39 bits per heavy atom. The van der Waals surface area contributed by atoms with E-state index in [4.69, 9.17) is 4.74 Å². The van der Waals surface area contributed by atoms with Crippen molar-refractivity contribution in [2.45, 2.75) is 26.3 Å². The summed E-state index contributed by atoms with van der Waals surface area (Å²) in [5.41, 5.74) is 3.94. The molecule has 0 amide bonds. The molecule has 1 saturated carbocycles. The molecule has 1 saturated heterocycles. The first kappa shape index (κ1) is 20.1. The zero-order chi connectivity index (χ0) is 21.4. The van der Waals surface area contributed by atoms with Crippen LogP contribution in [0.15, 0.2) is 42.6 Å². The van der Waals surface area contributed by atoms with Gasteiger partial charge in [0.2, 0.25) is 5.88 Å².